The van der Waals surface area contributed by atoms with Gasteiger partial charge in [0.25, 0.3) is 11.7 Å². The van der Waals surface area contributed by atoms with Crippen molar-refractivity contribution in [2.24, 2.45) is 0 Å². The first-order valence-corrected chi connectivity index (χ1v) is 7.08. The third-order valence-corrected chi connectivity index (χ3v) is 4.18. The molecule has 2 heterocycles. The third kappa shape index (κ3) is 2.18. The van der Waals surface area contributed by atoms with Crippen LogP contribution in [0.4, 0.5) is 5.69 Å². The standard InChI is InChI=1S/C15H18N2O3/c1-20-11-4-5-13-12(10-11)14(18)15(19)17(13)9-8-16-6-2-3-7-16/h4-5,10H,2-3,6-9H2,1H3/p+1. The Hall–Kier alpha value is -1.88. The van der Waals surface area contributed by atoms with Gasteiger partial charge in [0.1, 0.15) is 5.75 Å². The fraction of sp³-hybridized carbons (Fsp3) is 0.467. The number of anilines is 1. The van der Waals surface area contributed by atoms with Crippen molar-refractivity contribution in [3.63, 3.8) is 0 Å². The van der Waals surface area contributed by atoms with Gasteiger partial charge in [-0.05, 0) is 18.2 Å². The molecule has 1 amide bonds. The molecule has 0 spiro atoms. The molecule has 0 aliphatic carbocycles. The summed E-state index contributed by atoms with van der Waals surface area (Å²) in [5.41, 5.74) is 1.19. The van der Waals surface area contributed by atoms with E-state index in [0.717, 1.165) is 12.2 Å². The van der Waals surface area contributed by atoms with E-state index in [1.54, 1.807) is 30.2 Å². The molecule has 0 unspecified atom stereocenters. The van der Waals surface area contributed by atoms with Gasteiger partial charge in [0.2, 0.25) is 0 Å². The number of nitrogens with one attached hydrogen (secondary N) is 1. The molecule has 106 valence electrons. The number of benzene rings is 1. The van der Waals surface area contributed by atoms with Gasteiger partial charge >= 0.3 is 0 Å². The van der Waals surface area contributed by atoms with Crippen LogP contribution in [0.3, 0.4) is 0 Å². The van der Waals surface area contributed by atoms with E-state index in [-0.39, 0.29) is 0 Å². The minimum absolute atomic E-state index is 0.410. The van der Waals surface area contributed by atoms with Gasteiger partial charge in [-0.3, -0.25) is 14.5 Å². The first-order chi connectivity index (χ1) is 9.70. The Bertz CT molecular complexity index is 550. The van der Waals surface area contributed by atoms with Crippen LogP contribution in [0.25, 0.3) is 0 Å². The van der Waals surface area contributed by atoms with Crippen LogP contribution in [0, 0.1) is 0 Å². The number of fused-ring (bicyclic) bond motifs is 1. The number of amides is 1. The van der Waals surface area contributed by atoms with Gasteiger partial charge in [0.05, 0.1) is 44.5 Å². The highest BCUT2D eigenvalue weighted by molar-refractivity contribution is 6.52. The maximum absolute atomic E-state index is 12.1. The lowest BCUT2D eigenvalue weighted by molar-refractivity contribution is -0.885. The molecule has 3 rings (SSSR count). The van der Waals surface area contributed by atoms with Gasteiger partial charge in [-0.1, -0.05) is 0 Å². The van der Waals surface area contributed by atoms with Crippen LogP contribution in [0.15, 0.2) is 18.2 Å². The summed E-state index contributed by atoms with van der Waals surface area (Å²) >= 11 is 0. The summed E-state index contributed by atoms with van der Waals surface area (Å²) < 4.78 is 5.11. The number of nitrogens with zero attached hydrogens (tertiary/aromatic N) is 1. The average molecular weight is 275 g/mol. The van der Waals surface area contributed by atoms with Crippen molar-refractivity contribution in [1.82, 2.24) is 0 Å². The molecule has 1 N–H and O–H groups in total. The van der Waals surface area contributed by atoms with E-state index >= 15 is 0 Å². The summed E-state index contributed by atoms with van der Waals surface area (Å²) in [6.07, 6.45) is 2.52. The topological polar surface area (TPSA) is 51.1 Å². The largest absolute Gasteiger partial charge is 0.497 e. The predicted molar refractivity (Wildman–Crippen MR) is 74.5 cm³/mol. The van der Waals surface area contributed by atoms with Gasteiger partial charge in [-0.2, -0.15) is 0 Å². The zero-order valence-electron chi connectivity index (χ0n) is 11.6. The SMILES string of the molecule is COc1ccc2c(c1)C(=O)C(=O)N2CC[NH+]1CCCC1. The van der Waals surface area contributed by atoms with Crippen LogP contribution in [-0.4, -0.2) is 45.0 Å². The van der Waals surface area contributed by atoms with E-state index in [1.165, 1.54) is 30.8 Å². The molecule has 0 saturated carbocycles. The molecule has 5 heteroatoms. The lowest BCUT2D eigenvalue weighted by Crippen LogP contribution is -3.10. The molecule has 0 aromatic heterocycles. The van der Waals surface area contributed by atoms with E-state index in [2.05, 4.69) is 0 Å². The summed E-state index contributed by atoms with van der Waals surface area (Å²) in [6, 6.07) is 5.25. The number of hydrogen-bond donors (Lipinski definition) is 1. The number of hydrogen-bond acceptors (Lipinski definition) is 3. The first-order valence-electron chi connectivity index (χ1n) is 7.08. The summed E-state index contributed by atoms with van der Waals surface area (Å²) in [5, 5.41) is 0. The zero-order chi connectivity index (χ0) is 14.1. The molecular formula is C15H19N2O3+. The second-order valence-electron chi connectivity index (χ2n) is 5.38. The number of Topliss-reactive ketones (excluding diaryl/α,β-unsaturated/α-hetero) is 1. The lowest BCUT2D eigenvalue weighted by atomic mass is 10.1. The fourth-order valence-corrected chi connectivity index (χ4v) is 3.02. The first kappa shape index (κ1) is 13.1. The second kappa shape index (κ2) is 5.25. The Kier molecular flexibility index (Phi) is 3.44. The quantitative estimate of drug-likeness (QED) is 0.781. The molecule has 0 atom stereocenters. The molecule has 0 bridgehead atoms. The number of ether oxygens (including phenoxy) is 1. The van der Waals surface area contributed by atoms with Crippen molar-refractivity contribution in [3.8, 4) is 5.75 Å². The normalized spacial score (nSPS) is 18.8. The highest BCUT2D eigenvalue weighted by Crippen LogP contribution is 2.31. The third-order valence-electron chi connectivity index (χ3n) is 4.18. The molecule has 0 radical (unpaired) electrons. The Morgan fingerprint density at radius 2 is 2.00 bits per heavy atom. The molecule has 5 nitrogen and oxygen atoms in total. The van der Waals surface area contributed by atoms with Crippen molar-refractivity contribution >= 4 is 17.4 Å². The number of carbonyl (C=O) groups is 2. The Morgan fingerprint density at radius 3 is 2.70 bits per heavy atom. The molecule has 2 aliphatic rings. The van der Waals surface area contributed by atoms with Crippen molar-refractivity contribution in [3.05, 3.63) is 23.8 Å². The summed E-state index contributed by atoms with van der Waals surface area (Å²) in [5.74, 6) is -0.223. The van der Waals surface area contributed by atoms with Gasteiger partial charge in [-0.25, -0.2) is 0 Å². The predicted octanol–water partition coefficient (Wildman–Crippen LogP) is -0.0968. The van der Waals surface area contributed by atoms with E-state index in [4.69, 9.17) is 4.74 Å². The average Bonchev–Trinajstić information content (AvgIpc) is 3.06. The minimum Gasteiger partial charge on any atom is -0.497 e. The van der Waals surface area contributed by atoms with Crippen LogP contribution in [0.1, 0.15) is 23.2 Å². The minimum atomic E-state index is -0.421. The molecule has 1 saturated heterocycles. The smallest absolute Gasteiger partial charge is 0.299 e. The van der Waals surface area contributed by atoms with E-state index < -0.39 is 11.7 Å². The Labute approximate surface area is 118 Å². The van der Waals surface area contributed by atoms with Gasteiger partial charge in [-0.15, -0.1) is 0 Å². The highest BCUT2D eigenvalue weighted by Gasteiger charge is 2.36. The zero-order valence-corrected chi connectivity index (χ0v) is 11.6. The van der Waals surface area contributed by atoms with Gasteiger partial charge in [0.15, 0.2) is 0 Å². The molecule has 1 aromatic carbocycles. The van der Waals surface area contributed by atoms with Gasteiger partial charge in [0, 0.05) is 12.8 Å². The number of methoxy groups -OCH3 is 1. The highest BCUT2D eigenvalue weighted by atomic mass is 16.5. The van der Waals surface area contributed by atoms with E-state index in [1.807, 2.05) is 0 Å². The Morgan fingerprint density at radius 1 is 1.25 bits per heavy atom. The maximum atomic E-state index is 12.1. The fourth-order valence-electron chi connectivity index (χ4n) is 3.02. The number of ketones is 1. The van der Waals surface area contributed by atoms with Crippen LogP contribution in [-0.2, 0) is 4.79 Å². The van der Waals surface area contributed by atoms with Crippen LogP contribution < -0.4 is 14.5 Å². The van der Waals surface area contributed by atoms with Crippen LogP contribution >= 0.6 is 0 Å². The second-order valence-corrected chi connectivity index (χ2v) is 5.38. The molecule has 1 fully saturated rings. The Balaban J connectivity index is 1.79. The summed E-state index contributed by atoms with van der Waals surface area (Å²) in [6.45, 7) is 3.86. The number of quaternary nitrogens is 1. The van der Waals surface area contributed by atoms with Crippen molar-refractivity contribution < 1.29 is 19.2 Å². The van der Waals surface area contributed by atoms with Crippen molar-refractivity contribution in [2.75, 3.05) is 38.2 Å². The monoisotopic (exact) mass is 275 g/mol. The van der Waals surface area contributed by atoms with Crippen LogP contribution in [0.2, 0.25) is 0 Å². The van der Waals surface area contributed by atoms with Crippen LogP contribution in [0.5, 0.6) is 5.75 Å². The summed E-state index contributed by atoms with van der Waals surface area (Å²) in [7, 11) is 1.55. The summed E-state index contributed by atoms with van der Waals surface area (Å²) in [4.78, 5) is 27.2. The number of carbonyl (C=O) groups excluding carboxylic acids is 2. The molecule has 1 aromatic rings. The van der Waals surface area contributed by atoms with E-state index in [0.29, 0.717) is 17.9 Å². The maximum Gasteiger partial charge on any atom is 0.299 e. The number of rotatable bonds is 4. The molecule has 2 aliphatic heterocycles. The lowest BCUT2D eigenvalue weighted by Gasteiger charge is -2.19. The van der Waals surface area contributed by atoms with Crippen molar-refractivity contribution in [1.29, 1.82) is 0 Å². The van der Waals surface area contributed by atoms with Crippen molar-refractivity contribution in [2.45, 2.75) is 12.8 Å². The molecule has 20 heavy (non-hydrogen) atoms. The number of likely N-dealkylation sites (tertiary alicyclic amines) is 1. The van der Waals surface area contributed by atoms with Gasteiger partial charge < -0.3 is 9.64 Å². The molecular weight excluding hydrogens is 256 g/mol. The van der Waals surface area contributed by atoms with E-state index in [9.17, 15) is 9.59 Å².